The number of rotatable bonds is 6. The van der Waals surface area contributed by atoms with E-state index < -0.39 is 9.84 Å². The highest BCUT2D eigenvalue weighted by Crippen LogP contribution is 2.19. The fourth-order valence-corrected chi connectivity index (χ4v) is 4.01. The zero-order chi connectivity index (χ0) is 17.0. The maximum atomic E-state index is 12.6. The summed E-state index contributed by atoms with van der Waals surface area (Å²) >= 11 is 0. The molecule has 2 aromatic carbocycles. The van der Waals surface area contributed by atoms with E-state index in [9.17, 15) is 13.2 Å². The number of amides is 1. The van der Waals surface area contributed by atoms with Crippen molar-refractivity contribution in [2.75, 3.05) is 19.6 Å². The maximum Gasteiger partial charge on any atom is 0.251 e. The molecule has 1 fully saturated rings. The lowest BCUT2D eigenvalue weighted by molar-refractivity contribution is 0.0941. The first-order valence-electron chi connectivity index (χ1n) is 7.91. The van der Waals surface area contributed by atoms with Crippen molar-refractivity contribution in [3.63, 3.8) is 0 Å². The summed E-state index contributed by atoms with van der Waals surface area (Å²) in [5.74, 6) is 0.0425. The molecule has 1 heterocycles. The minimum atomic E-state index is -3.48. The molecule has 1 saturated heterocycles. The first kappa shape index (κ1) is 16.7. The largest absolute Gasteiger partial charge is 0.352 e. The van der Waals surface area contributed by atoms with E-state index in [4.69, 9.17) is 0 Å². The lowest BCUT2D eigenvalue weighted by atomic mass is 10.0. The fraction of sp³-hybridized carbons (Fsp3) is 0.278. The molecule has 0 aliphatic carbocycles. The smallest absolute Gasteiger partial charge is 0.251 e. The Bertz CT molecular complexity index is 815. The highest BCUT2D eigenvalue weighted by Gasteiger charge is 2.21. The van der Waals surface area contributed by atoms with Crippen molar-refractivity contribution >= 4 is 15.7 Å². The molecular formula is C18H20N2O3S. The third kappa shape index (κ3) is 3.83. The minimum Gasteiger partial charge on any atom is -0.352 e. The van der Waals surface area contributed by atoms with Gasteiger partial charge < -0.3 is 10.6 Å². The number of sulfone groups is 1. The molecule has 24 heavy (non-hydrogen) atoms. The Morgan fingerprint density at radius 3 is 2.38 bits per heavy atom. The molecule has 0 spiro atoms. The van der Waals surface area contributed by atoms with E-state index in [0.29, 0.717) is 23.6 Å². The summed E-state index contributed by atoms with van der Waals surface area (Å²) < 4.78 is 25.1. The van der Waals surface area contributed by atoms with Gasteiger partial charge in [0.05, 0.1) is 10.6 Å². The molecule has 2 aromatic rings. The van der Waals surface area contributed by atoms with Crippen LogP contribution in [0.4, 0.5) is 0 Å². The SMILES string of the molecule is O=C(NCC1CNC1)c1ccccc1CS(=O)(=O)c1ccccc1. The Hall–Kier alpha value is -2.18. The zero-order valence-corrected chi connectivity index (χ0v) is 14.1. The Morgan fingerprint density at radius 1 is 1.04 bits per heavy atom. The van der Waals surface area contributed by atoms with Gasteiger partial charge in [0.25, 0.3) is 5.91 Å². The van der Waals surface area contributed by atoms with Crippen molar-refractivity contribution in [2.45, 2.75) is 10.6 Å². The van der Waals surface area contributed by atoms with Gasteiger partial charge in [-0.1, -0.05) is 36.4 Å². The molecule has 0 unspecified atom stereocenters. The Morgan fingerprint density at radius 2 is 1.71 bits per heavy atom. The summed E-state index contributed by atoms with van der Waals surface area (Å²) in [5.41, 5.74) is 0.940. The van der Waals surface area contributed by atoms with Crippen LogP contribution in [0.25, 0.3) is 0 Å². The molecule has 6 heteroatoms. The van der Waals surface area contributed by atoms with Crippen molar-refractivity contribution in [2.24, 2.45) is 5.92 Å². The monoisotopic (exact) mass is 344 g/mol. The third-order valence-electron chi connectivity index (χ3n) is 4.13. The third-order valence-corrected chi connectivity index (χ3v) is 5.81. The lowest BCUT2D eigenvalue weighted by Crippen LogP contribution is -2.48. The summed E-state index contributed by atoms with van der Waals surface area (Å²) in [5, 5.41) is 6.05. The van der Waals surface area contributed by atoms with E-state index in [-0.39, 0.29) is 16.6 Å². The molecule has 0 saturated carbocycles. The van der Waals surface area contributed by atoms with Crippen LogP contribution in [0, 0.1) is 5.92 Å². The molecule has 1 aliphatic heterocycles. The van der Waals surface area contributed by atoms with E-state index >= 15 is 0 Å². The van der Waals surface area contributed by atoms with E-state index in [1.807, 2.05) is 0 Å². The molecule has 126 valence electrons. The van der Waals surface area contributed by atoms with Crippen LogP contribution in [0.15, 0.2) is 59.5 Å². The summed E-state index contributed by atoms with van der Waals surface area (Å²) in [6, 6.07) is 15.2. The molecule has 3 rings (SSSR count). The van der Waals surface area contributed by atoms with Gasteiger partial charge in [0, 0.05) is 31.1 Å². The highest BCUT2D eigenvalue weighted by molar-refractivity contribution is 7.90. The zero-order valence-electron chi connectivity index (χ0n) is 13.2. The van der Waals surface area contributed by atoms with E-state index in [2.05, 4.69) is 10.6 Å². The molecule has 0 bridgehead atoms. The van der Waals surface area contributed by atoms with Crippen LogP contribution in [0.5, 0.6) is 0 Å². The van der Waals surface area contributed by atoms with Gasteiger partial charge in [0.15, 0.2) is 9.84 Å². The van der Waals surface area contributed by atoms with Crippen LogP contribution in [0.1, 0.15) is 15.9 Å². The van der Waals surface area contributed by atoms with Gasteiger partial charge in [0.2, 0.25) is 0 Å². The average Bonchev–Trinajstić information content (AvgIpc) is 2.54. The molecular weight excluding hydrogens is 324 g/mol. The first-order valence-corrected chi connectivity index (χ1v) is 9.56. The average molecular weight is 344 g/mol. The van der Waals surface area contributed by atoms with Crippen LogP contribution in [-0.4, -0.2) is 34.0 Å². The van der Waals surface area contributed by atoms with Crippen LogP contribution < -0.4 is 10.6 Å². The summed E-state index contributed by atoms with van der Waals surface area (Å²) in [6.07, 6.45) is 0. The standard InChI is InChI=1S/C18H20N2O3S/c21-18(20-12-14-10-19-11-14)17-9-5-4-6-15(17)13-24(22,23)16-7-2-1-3-8-16/h1-9,14,19H,10-13H2,(H,20,21). The molecule has 5 nitrogen and oxygen atoms in total. The predicted molar refractivity (Wildman–Crippen MR) is 92.5 cm³/mol. The van der Waals surface area contributed by atoms with Gasteiger partial charge in [-0.05, 0) is 23.8 Å². The van der Waals surface area contributed by atoms with Crippen molar-refractivity contribution in [1.29, 1.82) is 0 Å². The molecule has 0 aromatic heterocycles. The number of carbonyl (C=O) groups is 1. The van der Waals surface area contributed by atoms with Gasteiger partial charge in [-0.25, -0.2) is 8.42 Å². The Balaban J connectivity index is 1.77. The van der Waals surface area contributed by atoms with Crippen LogP contribution in [0.2, 0.25) is 0 Å². The maximum absolute atomic E-state index is 12.6. The van der Waals surface area contributed by atoms with E-state index in [1.54, 1.807) is 54.6 Å². The normalized spacial score (nSPS) is 14.8. The molecule has 1 aliphatic rings. The quantitative estimate of drug-likeness (QED) is 0.835. The van der Waals surface area contributed by atoms with Gasteiger partial charge in [0.1, 0.15) is 0 Å². The van der Waals surface area contributed by atoms with Crippen molar-refractivity contribution < 1.29 is 13.2 Å². The number of carbonyl (C=O) groups excluding carboxylic acids is 1. The Labute approximate surface area is 142 Å². The van der Waals surface area contributed by atoms with Crippen LogP contribution in [-0.2, 0) is 15.6 Å². The van der Waals surface area contributed by atoms with Crippen LogP contribution >= 0.6 is 0 Å². The summed E-state index contributed by atoms with van der Waals surface area (Å²) in [7, 11) is -3.48. The van der Waals surface area contributed by atoms with E-state index in [0.717, 1.165) is 13.1 Å². The van der Waals surface area contributed by atoms with Crippen molar-refractivity contribution in [3.05, 3.63) is 65.7 Å². The van der Waals surface area contributed by atoms with Gasteiger partial charge >= 0.3 is 0 Å². The molecule has 0 atom stereocenters. The van der Waals surface area contributed by atoms with Gasteiger partial charge in [-0.3, -0.25) is 4.79 Å². The first-order chi connectivity index (χ1) is 11.6. The lowest BCUT2D eigenvalue weighted by Gasteiger charge is -2.27. The molecule has 0 radical (unpaired) electrons. The second kappa shape index (κ2) is 7.15. The fourth-order valence-electron chi connectivity index (χ4n) is 2.61. The second-order valence-electron chi connectivity index (χ2n) is 5.96. The highest BCUT2D eigenvalue weighted by atomic mass is 32.2. The van der Waals surface area contributed by atoms with Crippen molar-refractivity contribution in [1.82, 2.24) is 10.6 Å². The van der Waals surface area contributed by atoms with Crippen LogP contribution in [0.3, 0.4) is 0 Å². The number of nitrogens with one attached hydrogen (secondary N) is 2. The molecule has 2 N–H and O–H groups in total. The van der Waals surface area contributed by atoms with Crippen molar-refractivity contribution in [3.8, 4) is 0 Å². The predicted octanol–water partition coefficient (Wildman–Crippen LogP) is 1.61. The minimum absolute atomic E-state index is 0.189. The Kier molecular flexibility index (Phi) is 4.97. The number of hydrogen-bond acceptors (Lipinski definition) is 4. The van der Waals surface area contributed by atoms with Gasteiger partial charge in [-0.15, -0.1) is 0 Å². The second-order valence-corrected chi connectivity index (χ2v) is 7.95. The van der Waals surface area contributed by atoms with Gasteiger partial charge in [-0.2, -0.15) is 0 Å². The summed E-state index contributed by atoms with van der Waals surface area (Å²) in [4.78, 5) is 12.7. The topological polar surface area (TPSA) is 75.3 Å². The summed E-state index contributed by atoms with van der Waals surface area (Å²) in [6.45, 7) is 2.42. The number of benzene rings is 2. The van der Waals surface area contributed by atoms with E-state index in [1.165, 1.54) is 0 Å². The molecule has 1 amide bonds. The number of hydrogen-bond donors (Lipinski definition) is 2.